The predicted molar refractivity (Wildman–Crippen MR) is 66.3 cm³/mol. The number of rotatable bonds is 4. The van der Waals surface area contributed by atoms with Crippen molar-refractivity contribution in [1.29, 1.82) is 0 Å². The number of hydrogen-bond donors (Lipinski definition) is 0. The van der Waals surface area contributed by atoms with Crippen molar-refractivity contribution < 1.29 is 0 Å². The Kier molecular flexibility index (Phi) is 4.94. The van der Waals surface area contributed by atoms with Gasteiger partial charge in [-0.25, -0.2) is 0 Å². The van der Waals surface area contributed by atoms with Crippen LogP contribution >= 0.6 is 43.2 Å². The molecule has 0 aliphatic heterocycles. The van der Waals surface area contributed by atoms with Gasteiger partial charge < -0.3 is 0 Å². The van der Waals surface area contributed by atoms with Crippen LogP contribution in [0.3, 0.4) is 0 Å². The van der Waals surface area contributed by atoms with E-state index in [9.17, 15) is 0 Å². The average molecular weight is 327 g/mol. The normalized spacial score (nSPS) is 11.2. The third kappa shape index (κ3) is 3.35. The molecule has 0 unspecified atom stereocenters. The molecule has 0 bridgehead atoms. The van der Waals surface area contributed by atoms with Crippen LogP contribution in [0.15, 0.2) is 13.6 Å². The number of halogens is 2. The molecule has 1 aromatic rings. The van der Waals surface area contributed by atoms with Gasteiger partial charge in [-0.3, -0.25) is 4.90 Å². The first kappa shape index (κ1) is 11.7. The van der Waals surface area contributed by atoms with Gasteiger partial charge in [-0.1, -0.05) is 13.8 Å². The molecule has 13 heavy (non-hydrogen) atoms. The third-order valence-electron chi connectivity index (χ3n) is 2.02. The first-order chi connectivity index (χ1) is 6.17. The first-order valence-corrected chi connectivity index (χ1v) is 6.73. The third-order valence-corrected chi connectivity index (χ3v) is 4.48. The second kappa shape index (κ2) is 5.49. The molecular weight excluding hydrogens is 314 g/mol. The quantitative estimate of drug-likeness (QED) is 0.804. The summed E-state index contributed by atoms with van der Waals surface area (Å²) in [5, 5.41) is 0. The Morgan fingerprint density at radius 3 is 2.31 bits per heavy atom. The van der Waals surface area contributed by atoms with Gasteiger partial charge in [0.1, 0.15) is 0 Å². The maximum atomic E-state index is 3.57. The maximum absolute atomic E-state index is 3.57. The lowest BCUT2D eigenvalue weighted by Gasteiger charge is -2.17. The Morgan fingerprint density at radius 1 is 1.31 bits per heavy atom. The Bertz CT molecular complexity index is 269. The highest BCUT2D eigenvalue weighted by molar-refractivity contribution is 9.12. The monoisotopic (exact) mass is 325 g/mol. The van der Waals surface area contributed by atoms with Crippen LogP contribution in [0.2, 0.25) is 0 Å². The summed E-state index contributed by atoms with van der Waals surface area (Å²) in [6.45, 7) is 7.64. The minimum atomic E-state index is 1.04. The van der Waals surface area contributed by atoms with Crippen molar-refractivity contribution in [2.24, 2.45) is 0 Å². The van der Waals surface area contributed by atoms with E-state index < -0.39 is 0 Å². The van der Waals surface area contributed by atoms with E-state index in [2.05, 4.69) is 56.7 Å². The van der Waals surface area contributed by atoms with Crippen LogP contribution in [-0.4, -0.2) is 18.0 Å². The molecular formula is C9H13Br2NS. The van der Waals surface area contributed by atoms with Gasteiger partial charge in [0.05, 0.1) is 7.57 Å². The van der Waals surface area contributed by atoms with Crippen LogP contribution < -0.4 is 0 Å². The van der Waals surface area contributed by atoms with Gasteiger partial charge in [-0.2, -0.15) is 0 Å². The minimum Gasteiger partial charge on any atom is -0.300 e. The molecule has 0 saturated carbocycles. The van der Waals surface area contributed by atoms with Crippen LogP contribution in [-0.2, 0) is 6.54 Å². The summed E-state index contributed by atoms with van der Waals surface area (Å²) in [6.07, 6.45) is 0. The highest BCUT2D eigenvalue weighted by Crippen LogP contribution is 2.32. The van der Waals surface area contributed by atoms with Gasteiger partial charge >= 0.3 is 0 Å². The van der Waals surface area contributed by atoms with Gasteiger partial charge in [0, 0.05) is 6.54 Å². The summed E-state index contributed by atoms with van der Waals surface area (Å²) in [7, 11) is 0. The van der Waals surface area contributed by atoms with Gasteiger partial charge in [-0.15, -0.1) is 11.3 Å². The summed E-state index contributed by atoms with van der Waals surface area (Å²) >= 11 is 8.79. The molecule has 0 atom stereocenters. The fraction of sp³-hybridized carbons (Fsp3) is 0.556. The molecule has 0 N–H and O–H groups in total. The summed E-state index contributed by atoms with van der Waals surface area (Å²) in [5.41, 5.74) is 1.38. The highest BCUT2D eigenvalue weighted by atomic mass is 79.9. The Hall–Kier alpha value is 0.620. The minimum absolute atomic E-state index is 1.04. The molecule has 0 aliphatic rings. The van der Waals surface area contributed by atoms with E-state index >= 15 is 0 Å². The predicted octanol–water partition coefficient (Wildman–Crippen LogP) is 4.11. The zero-order valence-corrected chi connectivity index (χ0v) is 11.8. The van der Waals surface area contributed by atoms with Gasteiger partial charge in [0.25, 0.3) is 0 Å². The van der Waals surface area contributed by atoms with Crippen molar-refractivity contribution in [3.63, 3.8) is 0 Å². The lowest BCUT2D eigenvalue weighted by Crippen LogP contribution is -2.21. The van der Waals surface area contributed by atoms with Crippen LogP contribution in [0.1, 0.15) is 19.4 Å². The molecule has 0 aromatic carbocycles. The summed E-state index contributed by atoms with van der Waals surface area (Å²) in [4.78, 5) is 2.40. The number of hydrogen-bond acceptors (Lipinski definition) is 2. The fourth-order valence-electron chi connectivity index (χ4n) is 1.17. The largest absolute Gasteiger partial charge is 0.300 e. The lowest BCUT2D eigenvalue weighted by molar-refractivity contribution is 0.296. The molecule has 0 radical (unpaired) electrons. The van der Waals surface area contributed by atoms with E-state index in [-0.39, 0.29) is 0 Å². The van der Waals surface area contributed by atoms with E-state index in [1.807, 2.05) is 0 Å². The molecule has 1 nitrogen and oxygen atoms in total. The van der Waals surface area contributed by atoms with E-state index in [0.717, 1.165) is 19.6 Å². The molecule has 4 heteroatoms. The Morgan fingerprint density at radius 2 is 1.92 bits per heavy atom. The summed E-state index contributed by atoms with van der Waals surface area (Å²) in [5.74, 6) is 0. The van der Waals surface area contributed by atoms with Crippen molar-refractivity contribution in [3.8, 4) is 0 Å². The SMILES string of the molecule is CCN(CC)Cc1cc(Br)sc1Br. The van der Waals surface area contributed by atoms with Crippen LogP contribution in [0.5, 0.6) is 0 Å². The summed E-state index contributed by atoms with van der Waals surface area (Å²) < 4.78 is 2.44. The van der Waals surface area contributed by atoms with E-state index in [0.29, 0.717) is 0 Å². The van der Waals surface area contributed by atoms with Crippen molar-refractivity contribution in [3.05, 3.63) is 19.2 Å². The molecule has 1 aromatic heterocycles. The molecule has 74 valence electrons. The standard InChI is InChI=1S/C9H13Br2NS/c1-3-12(4-2)6-7-5-8(10)13-9(7)11/h5H,3-4,6H2,1-2H3. The van der Waals surface area contributed by atoms with Crippen LogP contribution in [0.4, 0.5) is 0 Å². The molecule has 0 spiro atoms. The van der Waals surface area contributed by atoms with Crippen molar-refractivity contribution in [1.82, 2.24) is 4.90 Å². The molecule has 0 aliphatic carbocycles. The van der Waals surface area contributed by atoms with Gasteiger partial charge in [-0.05, 0) is 56.6 Å². The van der Waals surface area contributed by atoms with Gasteiger partial charge in [0.2, 0.25) is 0 Å². The lowest BCUT2D eigenvalue weighted by atomic mass is 10.3. The first-order valence-electron chi connectivity index (χ1n) is 4.33. The van der Waals surface area contributed by atoms with E-state index in [1.54, 1.807) is 11.3 Å². The molecule has 1 heterocycles. The van der Waals surface area contributed by atoms with Crippen molar-refractivity contribution >= 4 is 43.2 Å². The zero-order valence-electron chi connectivity index (χ0n) is 7.81. The van der Waals surface area contributed by atoms with Gasteiger partial charge in [0.15, 0.2) is 0 Å². The highest BCUT2D eigenvalue weighted by Gasteiger charge is 2.07. The number of thiophene rings is 1. The smallest absolute Gasteiger partial charge is 0.0755 e. The van der Waals surface area contributed by atoms with Crippen LogP contribution in [0.25, 0.3) is 0 Å². The molecule has 0 amide bonds. The Labute approximate surface area is 100 Å². The van der Waals surface area contributed by atoms with Crippen molar-refractivity contribution in [2.75, 3.05) is 13.1 Å². The average Bonchev–Trinajstić information content (AvgIpc) is 2.41. The summed E-state index contributed by atoms with van der Waals surface area (Å²) in [6, 6.07) is 2.19. The Balaban J connectivity index is 2.67. The molecule has 0 fully saturated rings. The maximum Gasteiger partial charge on any atom is 0.0755 e. The van der Waals surface area contributed by atoms with E-state index in [1.165, 1.54) is 13.1 Å². The molecule has 1 rings (SSSR count). The molecule has 0 saturated heterocycles. The van der Waals surface area contributed by atoms with Crippen LogP contribution in [0, 0.1) is 0 Å². The van der Waals surface area contributed by atoms with E-state index in [4.69, 9.17) is 0 Å². The second-order valence-corrected chi connectivity index (χ2v) is 6.56. The second-order valence-electron chi connectivity index (χ2n) is 2.81. The topological polar surface area (TPSA) is 3.24 Å². The zero-order chi connectivity index (χ0) is 9.84. The fourth-order valence-corrected chi connectivity index (χ4v) is 3.97. The van der Waals surface area contributed by atoms with Crippen molar-refractivity contribution in [2.45, 2.75) is 20.4 Å². The number of nitrogens with zero attached hydrogens (tertiary/aromatic N) is 1.